The lowest BCUT2D eigenvalue weighted by Gasteiger charge is -2.18. The van der Waals surface area contributed by atoms with Gasteiger partial charge in [0.15, 0.2) is 0 Å². The number of hydrogen-bond donors (Lipinski definition) is 1. The molecule has 1 heteroatoms. The van der Waals surface area contributed by atoms with E-state index in [9.17, 15) is 0 Å². The van der Waals surface area contributed by atoms with Gasteiger partial charge in [-0.25, -0.2) is 0 Å². The van der Waals surface area contributed by atoms with Gasteiger partial charge < -0.3 is 5.32 Å². The molecule has 1 unspecified atom stereocenters. The molecule has 0 spiro atoms. The van der Waals surface area contributed by atoms with Gasteiger partial charge in [-0.1, -0.05) is 52.4 Å². The van der Waals surface area contributed by atoms with Crippen LogP contribution in [0.1, 0.15) is 71.6 Å². The highest BCUT2D eigenvalue weighted by molar-refractivity contribution is 4.70. The molecular weight excluding hydrogens is 182 g/mol. The SMILES string of the molecule is CCCCC(CC)NCCC1CCCC1. The molecule has 0 aliphatic heterocycles. The molecule has 1 rings (SSSR count). The standard InChI is InChI=1S/C14H29N/c1-3-5-10-14(4-2)15-12-11-13-8-6-7-9-13/h13-15H,3-12H2,1-2H3. The number of rotatable bonds is 8. The molecule has 1 aliphatic carbocycles. The summed E-state index contributed by atoms with van der Waals surface area (Å²) in [7, 11) is 0. The first kappa shape index (κ1) is 13.0. The van der Waals surface area contributed by atoms with Crippen molar-refractivity contribution in [3.05, 3.63) is 0 Å². The summed E-state index contributed by atoms with van der Waals surface area (Å²) in [5.74, 6) is 1.04. The van der Waals surface area contributed by atoms with Crippen LogP contribution in [0.4, 0.5) is 0 Å². The number of unbranched alkanes of at least 4 members (excludes halogenated alkanes) is 1. The number of nitrogens with one attached hydrogen (secondary N) is 1. The molecule has 0 radical (unpaired) electrons. The lowest BCUT2D eigenvalue weighted by atomic mass is 10.0. The summed E-state index contributed by atoms with van der Waals surface area (Å²) in [6.07, 6.45) is 12.8. The van der Waals surface area contributed by atoms with Crippen LogP contribution in [-0.2, 0) is 0 Å². The average molecular weight is 211 g/mol. The van der Waals surface area contributed by atoms with Gasteiger partial charge in [-0.05, 0) is 31.7 Å². The molecule has 0 amide bonds. The summed E-state index contributed by atoms with van der Waals surface area (Å²) in [5.41, 5.74) is 0. The maximum absolute atomic E-state index is 3.73. The molecule has 1 aliphatic rings. The van der Waals surface area contributed by atoms with Gasteiger partial charge in [-0.3, -0.25) is 0 Å². The highest BCUT2D eigenvalue weighted by Gasteiger charge is 2.14. The van der Waals surface area contributed by atoms with Crippen LogP contribution in [0.2, 0.25) is 0 Å². The fraction of sp³-hybridized carbons (Fsp3) is 1.00. The van der Waals surface area contributed by atoms with Crippen LogP contribution in [0.3, 0.4) is 0 Å². The minimum atomic E-state index is 0.784. The Hall–Kier alpha value is -0.0400. The monoisotopic (exact) mass is 211 g/mol. The maximum atomic E-state index is 3.73. The molecule has 0 saturated heterocycles. The summed E-state index contributed by atoms with van der Waals surface area (Å²) in [6, 6.07) is 0.784. The van der Waals surface area contributed by atoms with Crippen molar-refractivity contribution < 1.29 is 0 Å². The second-order valence-corrected chi connectivity index (χ2v) is 5.14. The molecule has 0 bridgehead atoms. The molecule has 1 saturated carbocycles. The Bertz CT molecular complexity index is 138. The molecule has 0 aromatic heterocycles. The van der Waals surface area contributed by atoms with E-state index >= 15 is 0 Å². The normalized spacial score (nSPS) is 19.6. The van der Waals surface area contributed by atoms with Gasteiger partial charge in [0.05, 0.1) is 0 Å². The zero-order chi connectivity index (χ0) is 10.9. The molecule has 1 nitrogen and oxygen atoms in total. The van der Waals surface area contributed by atoms with Gasteiger partial charge in [0.1, 0.15) is 0 Å². The van der Waals surface area contributed by atoms with Crippen molar-refractivity contribution in [1.29, 1.82) is 0 Å². The molecule has 1 N–H and O–H groups in total. The largest absolute Gasteiger partial charge is 0.314 e. The van der Waals surface area contributed by atoms with Crippen molar-refractivity contribution in [2.24, 2.45) is 5.92 Å². The van der Waals surface area contributed by atoms with E-state index in [1.165, 1.54) is 64.3 Å². The predicted molar refractivity (Wildman–Crippen MR) is 68.2 cm³/mol. The third-order valence-corrected chi connectivity index (χ3v) is 3.86. The topological polar surface area (TPSA) is 12.0 Å². The van der Waals surface area contributed by atoms with E-state index in [1.807, 2.05) is 0 Å². The first-order valence-electron chi connectivity index (χ1n) is 7.10. The maximum Gasteiger partial charge on any atom is 0.00644 e. The van der Waals surface area contributed by atoms with Crippen molar-refractivity contribution in [3.63, 3.8) is 0 Å². The van der Waals surface area contributed by atoms with Crippen molar-refractivity contribution in [2.45, 2.75) is 77.7 Å². The minimum absolute atomic E-state index is 0.784. The van der Waals surface area contributed by atoms with Gasteiger partial charge in [-0.15, -0.1) is 0 Å². The molecule has 0 aromatic rings. The van der Waals surface area contributed by atoms with Gasteiger partial charge in [-0.2, -0.15) is 0 Å². The molecule has 0 aromatic carbocycles. The third-order valence-electron chi connectivity index (χ3n) is 3.86. The zero-order valence-corrected chi connectivity index (χ0v) is 10.7. The van der Waals surface area contributed by atoms with E-state index in [-0.39, 0.29) is 0 Å². The molecule has 1 atom stereocenters. The van der Waals surface area contributed by atoms with E-state index < -0.39 is 0 Å². The lowest BCUT2D eigenvalue weighted by Crippen LogP contribution is -2.30. The highest BCUT2D eigenvalue weighted by atomic mass is 14.9. The first-order valence-corrected chi connectivity index (χ1v) is 7.10. The summed E-state index contributed by atoms with van der Waals surface area (Å²) < 4.78 is 0. The molecule has 15 heavy (non-hydrogen) atoms. The number of hydrogen-bond acceptors (Lipinski definition) is 1. The van der Waals surface area contributed by atoms with Crippen molar-refractivity contribution >= 4 is 0 Å². The average Bonchev–Trinajstić information content (AvgIpc) is 2.76. The van der Waals surface area contributed by atoms with E-state index in [0.29, 0.717) is 0 Å². The van der Waals surface area contributed by atoms with E-state index in [1.54, 1.807) is 0 Å². The fourth-order valence-electron chi connectivity index (χ4n) is 2.69. The summed E-state index contributed by atoms with van der Waals surface area (Å²) in [4.78, 5) is 0. The minimum Gasteiger partial charge on any atom is -0.314 e. The Morgan fingerprint density at radius 1 is 1.20 bits per heavy atom. The van der Waals surface area contributed by atoms with Gasteiger partial charge in [0.2, 0.25) is 0 Å². The quantitative estimate of drug-likeness (QED) is 0.636. The summed E-state index contributed by atoms with van der Waals surface area (Å²) in [6.45, 7) is 5.85. The van der Waals surface area contributed by atoms with Crippen LogP contribution in [-0.4, -0.2) is 12.6 Å². The fourth-order valence-corrected chi connectivity index (χ4v) is 2.69. The van der Waals surface area contributed by atoms with Crippen molar-refractivity contribution in [3.8, 4) is 0 Å². The van der Waals surface area contributed by atoms with Crippen molar-refractivity contribution in [1.82, 2.24) is 5.32 Å². The Morgan fingerprint density at radius 2 is 1.93 bits per heavy atom. The molecule has 90 valence electrons. The second-order valence-electron chi connectivity index (χ2n) is 5.14. The van der Waals surface area contributed by atoms with E-state index in [2.05, 4.69) is 19.2 Å². The third kappa shape index (κ3) is 5.55. The van der Waals surface area contributed by atoms with E-state index in [4.69, 9.17) is 0 Å². The Kier molecular flexibility index (Phi) is 7.08. The Labute approximate surface area is 96.0 Å². The zero-order valence-electron chi connectivity index (χ0n) is 10.7. The Balaban J connectivity index is 2.00. The van der Waals surface area contributed by atoms with Gasteiger partial charge >= 0.3 is 0 Å². The molecular formula is C14H29N. The van der Waals surface area contributed by atoms with Crippen LogP contribution in [0, 0.1) is 5.92 Å². The van der Waals surface area contributed by atoms with Crippen molar-refractivity contribution in [2.75, 3.05) is 6.54 Å². The van der Waals surface area contributed by atoms with E-state index in [0.717, 1.165) is 12.0 Å². The summed E-state index contributed by atoms with van der Waals surface area (Å²) >= 11 is 0. The molecule has 0 heterocycles. The molecule has 1 fully saturated rings. The summed E-state index contributed by atoms with van der Waals surface area (Å²) in [5, 5.41) is 3.73. The smallest absolute Gasteiger partial charge is 0.00644 e. The predicted octanol–water partition coefficient (Wildman–Crippen LogP) is 4.13. The van der Waals surface area contributed by atoms with Crippen LogP contribution >= 0.6 is 0 Å². The van der Waals surface area contributed by atoms with Crippen LogP contribution in [0.15, 0.2) is 0 Å². The highest BCUT2D eigenvalue weighted by Crippen LogP contribution is 2.26. The first-order chi connectivity index (χ1) is 7.36. The van der Waals surface area contributed by atoms with Crippen LogP contribution in [0.5, 0.6) is 0 Å². The Morgan fingerprint density at radius 3 is 2.53 bits per heavy atom. The second kappa shape index (κ2) is 8.15. The van der Waals surface area contributed by atoms with Crippen LogP contribution < -0.4 is 5.32 Å². The van der Waals surface area contributed by atoms with Gasteiger partial charge in [0, 0.05) is 6.04 Å². The lowest BCUT2D eigenvalue weighted by molar-refractivity contribution is 0.411. The van der Waals surface area contributed by atoms with Gasteiger partial charge in [0.25, 0.3) is 0 Å². The van der Waals surface area contributed by atoms with Crippen LogP contribution in [0.25, 0.3) is 0 Å².